The maximum absolute atomic E-state index is 12.6. The topological polar surface area (TPSA) is 82.4 Å². The second-order valence-corrected chi connectivity index (χ2v) is 6.98. The lowest BCUT2D eigenvalue weighted by molar-refractivity contribution is -0.140. The molecule has 0 saturated carbocycles. The normalized spacial score (nSPS) is 15.6. The Bertz CT molecular complexity index is 719. The Morgan fingerprint density at radius 3 is 2.42 bits per heavy atom. The van der Waals surface area contributed by atoms with Gasteiger partial charge in [0.1, 0.15) is 5.69 Å². The monoisotopic (exact) mass is 330 g/mol. The van der Waals surface area contributed by atoms with Gasteiger partial charge in [0.25, 0.3) is 5.91 Å². The molecular formula is C17H22N4O3. The highest BCUT2D eigenvalue weighted by molar-refractivity contribution is 5.93. The number of amides is 2. The fourth-order valence-corrected chi connectivity index (χ4v) is 2.74. The highest BCUT2D eigenvalue weighted by atomic mass is 16.3. The predicted molar refractivity (Wildman–Crippen MR) is 88.2 cm³/mol. The summed E-state index contributed by atoms with van der Waals surface area (Å²) in [6.07, 6.45) is 1.57. The van der Waals surface area contributed by atoms with Crippen LogP contribution in [0.3, 0.4) is 0 Å². The standard InChI is InChI=1S/C17H22N4O3/c1-17(2,3)16(23)21-8-6-20(7-9-21)15(22)13-11-12(18-19-13)14-5-4-10-24-14/h4-5,10-11H,6-9H2,1-3H3,(H,18,19). The van der Waals surface area contributed by atoms with Crippen molar-refractivity contribution >= 4 is 11.8 Å². The number of nitrogens with one attached hydrogen (secondary N) is 1. The molecule has 2 aromatic heterocycles. The molecule has 128 valence electrons. The van der Waals surface area contributed by atoms with E-state index in [9.17, 15) is 9.59 Å². The Hall–Kier alpha value is -2.57. The minimum Gasteiger partial charge on any atom is -0.463 e. The number of nitrogens with zero attached hydrogens (tertiary/aromatic N) is 3. The lowest BCUT2D eigenvalue weighted by Gasteiger charge is -2.37. The summed E-state index contributed by atoms with van der Waals surface area (Å²) in [7, 11) is 0. The molecule has 1 saturated heterocycles. The molecule has 2 amide bonds. The molecule has 24 heavy (non-hydrogen) atoms. The van der Waals surface area contributed by atoms with E-state index < -0.39 is 5.41 Å². The molecule has 0 radical (unpaired) electrons. The minimum absolute atomic E-state index is 0.120. The molecule has 1 fully saturated rings. The van der Waals surface area contributed by atoms with Crippen molar-refractivity contribution in [2.75, 3.05) is 26.2 Å². The van der Waals surface area contributed by atoms with Crippen molar-refractivity contribution in [3.8, 4) is 11.5 Å². The summed E-state index contributed by atoms with van der Waals surface area (Å²) in [6.45, 7) is 7.87. The lowest BCUT2D eigenvalue weighted by Crippen LogP contribution is -2.53. The summed E-state index contributed by atoms with van der Waals surface area (Å²) in [5, 5.41) is 6.90. The Kier molecular flexibility index (Phi) is 4.17. The van der Waals surface area contributed by atoms with Crippen molar-refractivity contribution in [3.05, 3.63) is 30.2 Å². The van der Waals surface area contributed by atoms with Gasteiger partial charge in [-0.3, -0.25) is 14.7 Å². The van der Waals surface area contributed by atoms with Crippen LogP contribution in [0.4, 0.5) is 0 Å². The predicted octanol–water partition coefficient (Wildman–Crippen LogP) is 2.00. The highest BCUT2D eigenvalue weighted by Crippen LogP contribution is 2.21. The van der Waals surface area contributed by atoms with Gasteiger partial charge in [0.05, 0.1) is 6.26 Å². The van der Waals surface area contributed by atoms with Gasteiger partial charge in [-0.1, -0.05) is 20.8 Å². The van der Waals surface area contributed by atoms with Crippen LogP contribution in [0, 0.1) is 5.41 Å². The summed E-state index contributed by atoms with van der Waals surface area (Å²) >= 11 is 0. The van der Waals surface area contributed by atoms with Crippen molar-refractivity contribution < 1.29 is 14.0 Å². The number of H-pyrrole nitrogens is 1. The summed E-state index contributed by atoms with van der Waals surface area (Å²) in [4.78, 5) is 28.4. The molecule has 1 N–H and O–H groups in total. The van der Waals surface area contributed by atoms with Crippen molar-refractivity contribution in [2.24, 2.45) is 5.41 Å². The average molecular weight is 330 g/mol. The van der Waals surface area contributed by atoms with Gasteiger partial charge in [-0.25, -0.2) is 0 Å². The van der Waals surface area contributed by atoms with Crippen molar-refractivity contribution in [1.29, 1.82) is 0 Å². The first-order chi connectivity index (χ1) is 11.4. The molecule has 0 aromatic carbocycles. The molecule has 7 heteroatoms. The van der Waals surface area contributed by atoms with Gasteiger partial charge in [0, 0.05) is 37.7 Å². The van der Waals surface area contributed by atoms with E-state index in [1.165, 1.54) is 0 Å². The van der Waals surface area contributed by atoms with E-state index in [1.807, 2.05) is 25.7 Å². The van der Waals surface area contributed by atoms with E-state index in [4.69, 9.17) is 4.42 Å². The van der Waals surface area contributed by atoms with E-state index in [1.54, 1.807) is 29.4 Å². The summed E-state index contributed by atoms with van der Waals surface area (Å²) < 4.78 is 5.29. The largest absolute Gasteiger partial charge is 0.463 e. The Labute approximate surface area is 140 Å². The molecular weight excluding hydrogens is 308 g/mol. The summed E-state index contributed by atoms with van der Waals surface area (Å²) in [5.74, 6) is 0.628. The number of furan rings is 1. The third-order valence-electron chi connectivity index (χ3n) is 4.08. The number of rotatable bonds is 2. The quantitative estimate of drug-likeness (QED) is 0.913. The zero-order valence-corrected chi connectivity index (χ0v) is 14.2. The number of aromatic amines is 1. The first-order valence-electron chi connectivity index (χ1n) is 8.04. The number of carbonyl (C=O) groups is 2. The van der Waals surface area contributed by atoms with E-state index in [0.29, 0.717) is 43.3 Å². The van der Waals surface area contributed by atoms with Crippen molar-refractivity contribution in [3.63, 3.8) is 0 Å². The fourth-order valence-electron chi connectivity index (χ4n) is 2.74. The Morgan fingerprint density at radius 1 is 1.17 bits per heavy atom. The number of hydrogen-bond donors (Lipinski definition) is 1. The number of aromatic nitrogens is 2. The summed E-state index contributed by atoms with van der Waals surface area (Å²) in [6, 6.07) is 5.27. The van der Waals surface area contributed by atoms with Gasteiger partial charge in [-0.05, 0) is 12.1 Å². The molecule has 1 aliphatic rings. The van der Waals surface area contributed by atoms with Gasteiger partial charge >= 0.3 is 0 Å². The van der Waals surface area contributed by atoms with Crippen molar-refractivity contribution in [1.82, 2.24) is 20.0 Å². The number of carbonyl (C=O) groups excluding carboxylic acids is 2. The van der Waals surface area contributed by atoms with Gasteiger partial charge in [0.2, 0.25) is 5.91 Å². The van der Waals surface area contributed by atoms with Crippen LogP contribution >= 0.6 is 0 Å². The second kappa shape index (κ2) is 6.14. The molecule has 3 rings (SSSR count). The van der Waals surface area contributed by atoms with Crippen LogP contribution in [-0.2, 0) is 4.79 Å². The fraction of sp³-hybridized carbons (Fsp3) is 0.471. The molecule has 0 aliphatic carbocycles. The van der Waals surface area contributed by atoms with Gasteiger partial charge < -0.3 is 14.2 Å². The van der Waals surface area contributed by atoms with Crippen LogP contribution in [0.15, 0.2) is 28.9 Å². The summed E-state index contributed by atoms with van der Waals surface area (Å²) in [5.41, 5.74) is 0.633. The van der Waals surface area contributed by atoms with Crippen LogP contribution in [0.25, 0.3) is 11.5 Å². The van der Waals surface area contributed by atoms with Gasteiger partial charge in [-0.15, -0.1) is 0 Å². The second-order valence-electron chi connectivity index (χ2n) is 6.98. The third-order valence-corrected chi connectivity index (χ3v) is 4.08. The molecule has 0 unspecified atom stereocenters. The first kappa shape index (κ1) is 16.3. The van der Waals surface area contributed by atoms with Crippen LogP contribution in [-0.4, -0.2) is 58.0 Å². The highest BCUT2D eigenvalue weighted by Gasteiger charge is 2.31. The molecule has 2 aromatic rings. The van der Waals surface area contributed by atoms with Crippen LogP contribution < -0.4 is 0 Å². The van der Waals surface area contributed by atoms with E-state index in [-0.39, 0.29) is 11.8 Å². The van der Waals surface area contributed by atoms with E-state index >= 15 is 0 Å². The molecule has 3 heterocycles. The number of hydrogen-bond acceptors (Lipinski definition) is 4. The molecule has 0 atom stereocenters. The number of piperazine rings is 1. The smallest absolute Gasteiger partial charge is 0.274 e. The molecule has 0 bridgehead atoms. The third kappa shape index (κ3) is 3.20. The lowest BCUT2D eigenvalue weighted by atomic mass is 9.94. The molecule has 0 spiro atoms. The van der Waals surface area contributed by atoms with Crippen LogP contribution in [0.1, 0.15) is 31.3 Å². The molecule has 1 aliphatic heterocycles. The zero-order valence-electron chi connectivity index (χ0n) is 14.2. The van der Waals surface area contributed by atoms with Crippen LogP contribution in [0.2, 0.25) is 0 Å². The maximum Gasteiger partial charge on any atom is 0.274 e. The van der Waals surface area contributed by atoms with E-state index in [2.05, 4.69) is 10.2 Å². The van der Waals surface area contributed by atoms with E-state index in [0.717, 1.165) is 0 Å². The Morgan fingerprint density at radius 2 is 1.83 bits per heavy atom. The minimum atomic E-state index is -0.397. The average Bonchev–Trinajstić information content (AvgIpc) is 3.23. The molecule has 7 nitrogen and oxygen atoms in total. The SMILES string of the molecule is CC(C)(C)C(=O)N1CCN(C(=O)c2cc(-c3ccco3)[nH]n2)CC1. The van der Waals surface area contributed by atoms with Gasteiger partial charge in [-0.2, -0.15) is 5.10 Å². The zero-order chi connectivity index (χ0) is 17.3. The van der Waals surface area contributed by atoms with Gasteiger partial charge in [0.15, 0.2) is 11.5 Å². The van der Waals surface area contributed by atoms with Crippen molar-refractivity contribution in [2.45, 2.75) is 20.8 Å². The Balaban J connectivity index is 1.63. The maximum atomic E-state index is 12.6. The van der Waals surface area contributed by atoms with Crippen LogP contribution in [0.5, 0.6) is 0 Å². The first-order valence-corrected chi connectivity index (χ1v) is 8.04.